The molecule has 0 aliphatic carbocycles. The number of hydrogen-bond acceptors (Lipinski definition) is 5. The number of aromatic nitrogens is 1. The molecule has 0 saturated carbocycles. The van der Waals surface area contributed by atoms with E-state index in [-0.39, 0.29) is 12.2 Å². The van der Waals surface area contributed by atoms with E-state index in [0.717, 1.165) is 0 Å². The molecule has 112 valence electrons. The topological polar surface area (TPSA) is 136 Å². The predicted molar refractivity (Wildman–Crippen MR) is 73.0 cm³/mol. The molecule has 1 heterocycles. The summed E-state index contributed by atoms with van der Waals surface area (Å²) < 4.78 is 39.6. The Morgan fingerprint density at radius 2 is 2.10 bits per heavy atom. The molecule has 1 atom stereocenters. The monoisotopic (exact) mass is 370 g/mol. The molecule has 0 aliphatic heterocycles. The molecule has 0 fully saturated rings. The maximum atomic E-state index is 13.3. The Labute approximate surface area is 123 Å². The van der Waals surface area contributed by atoms with Gasteiger partial charge in [-0.15, -0.1) is 0 Å². The summed E-state index contributed by atoms with van der Waals surface area (Å²) in [6, 6.07) is 2.60. The Bertz CT molecular complexity index is 608. The fourth-order valence-electron chi connectivity index (χ4n) is 1.04. The third-order valence-corrected chi connectivity index (χ3v) is 2.21. The van der Waals surface area contributed by atoms with Crippen molar-refractivity contribution < 1.29 is 22.5 Å². The number of pyridine rings is 1. The molecular formula is C9H12BrFN4O4S. The van der Waals surface area contributed by atoms with Crippen molar-refractivity contribution in [1.29, 1.82) is 0 Å². The van der Waals surface area contributed by atoms with Crippen molar-refractivity contribution in [3.05, 3.63) is 38.7 Å². The fourth-order valence-corrected chi connectivity index (χ4v) is 1.35. The molecule has 1 unspecified atom stereocenters. The Balaban J connectivity index is 0.000000621. The second kappa shape index (κ2) is 7.50. The molecule has 2 N–H and O–H groups in total. The number of hydrogen-bond donors (Lipinski definition) is 2. The van der Waals surface area contributed by atoms with Gasteiger partial charge in [-0.2, -0.15) is 8.42 Å². The lowest BCUT2D eigenvalue weighted by Gasteiger charge is -2.20. The van der Waals surface area contributed by atoms with E-state index in [4.69, 9.17) is 10.1 Å². The SMILES string of the molecule is CC(O)(CN=[N+]=[N-])c1nc(Br)ccc1F.CS(=O)(=O)O. The van der Waals surface area contributed by atoms with E-state index in [1.165, 1.54) is 19.1 Å². The van der Waals surface area contributed by atoms with E-state index in [1.807, 2.05) is 0 Å². The molecule has 1 aromatic heterocycles. The molecular weight excluding hydrogens is 359 g/mol. The highest BCUT2D eigenvalue weighted by Crippen LogP contribution is 2.23. The van der Waals surface area contributed by atoms with Crippen LogP contribution in [0, 0.1) is 5.82 Å². The van der Waals surface area contributed by atoms with Crippen molar-refractivity contribution in [2.75, 3.05) is 12.8 Å². The highest BCUT2D eigenvalue weighted by atomic mass is 79.9. The van der Waals surface area contributed by atoms with Crippen LogP contribution < -0.4 is 0 Å². The van der Waals surface area contributed by atoms with E-state index >= 15 is 0 Å². The molecule has 0 aromatic carbocycles. The minimum atomic E-state index is -3.67. The molecule has 0 spiro atoms. The molecule has 0 bridgehead atoms. The van der Waals surface area contributed by atoms with Gasteiger partial charge < -0.3 is 5.11 Å². The van der Waals surface area contributed by atoms with Crippen LogP contribution in [0.4, 0.5) is 4.39 Å². The Morgan fingerprint density at radius 1 is 1.60 bits per heavy atom. The van der Waals surface area contributed by atoms with Gasteiger partial charge in [0.1, 0.15) is 21.7 Å². The van der Waals surface area contributed by atoms with Crippen LogP contribution in [0.1, 0.15) is 12.6 Å². The van der Waals surface area contributed by atoms with Gasteiger partial charge >= 0.3 is 0 Å². The first-order valence-corrected chi connectivity index (χ1v) is 7.59. The second-order valence-corrected chi connectivity index (χ2v) is 6.14. The maximum absolute atomic E-state index is 13.3. The maximum Gasteiger partial charge on any atom is 0.261 e. The minimum absolute atomic E-state index is 0.149. The standard InChI is InChI=1S/C8H8BrFN4O.CH4O3S/c1-8(15,4-12-14-11)7-5(10)2-3-6(9)13-7;1-5(2,3)4/h2-3,15H,4H2,1H3;1H3,(H,2,3,4). The number of rotatable bonds is 3. The first-order chi connectivity index (χ1) is 8.97. The van der Waals surface area contributed by atoms with E-state index in [0.29, 0.717) is 10.9 Å². The summed E-state index contributed by atoms with van der Waals surface area (Å²) in [5, 5.41) is 13.0. The smallest absolute Gasteiger partial charge is 0.261 e. The van der Waals surface area contributed by atoms with Crippen LogP contribution in [0.5, 0.6) is 0 Å². The van der Waals surface area contributed by atoms with Crippen molar-refractivity contribution in [2.45, 2.75) is 12.5 Å². The van der Waals surface area contributed by atoms with Crippen LogP contribution in [0.25, 0.3) is 10.4 Å². The summed E-state index contributed by atoms with van der Waals surface area (Å²) in [6.45, 7) is 1.06. The van der Waals surface area contributed by atoms with Crippen molar-refractivity contribution in [3.63, 3.8) is 0 Å². The van der Waals surface area contributed by atoms with E-state index in [9.17, 15) is 17.9 Å². The second-order valence-electron chi connectivity index (χ2n) is 3.86. The molecule has 1 rings (SSSR count). The Morgan fingerprint density at radius 3 is 2.55 bits per heavy atom. The van der Waals surface area contributed by atoms with Crippen molar-refractivity contribution in [3.8, 4) is 0 Å². The number of aliphatic hydroxyl groups is 1. The summed E-state index contributed by atoms with van der Waals surface area (Å²) >= 11 is 3.06. The van der Waals surface area contributed by atoms with Crippen LogP contribution in [0.2, 0.25) is 0 Å². The Kier molecular flexibility index (Phi) is 7.03. The van der Waals surface area contributed by atoms with Crippen LogP contribution in [-0.2, 0) is 15.7 Å². The zero-order valence-electron chi connectivity index (χ0n) is 10.5. The average Bonchev–Trinajstić information content (AvgIpc) is 2.27. The molecule has 0 saturated heterocycles. The number of nitrogens with zero attached hydrogens (tertiary/aromatic N) is 4. The lowest BCUT2D eigenvalue weighted by Crippen LogP contribution is -2.27. The van der Waals surface area contributed by atoms with Gasteiger partial charge in [0.05, 0.1) is 12.8 Å². The van der Waals surface area contributed by atoms with E-state index < -0.39 is 21.5 Å². The minimum Gasteiger partial charge on any atom is -0.384 e. The van der Waals surface area contributed by atoms with Gasteiger partial charge in [-0.3, -0.25) is 4.55 Å². The average molecular weight is 371 g/mol. The largest absolute Gasteiger partial charge is 0.384 e. The van der Waals surface area contributed by atoms with Crippen molar-refractivity contribution in [1.82, 2.24) is 4.98 Å². The van der Waals surface area contributed by atoms with Gasteiger partial charge in [0.15, 0.2) is 0 Å². The lowest BCUT2D eigenvalue weighted by molar-refractivity contribution is 0.0579. The summed E-state index contributed by atoms with van der Waals surface area (Å²) in [6.07, 6.45) is 0.715. The zero-order valence-corrected chi connectivity index (χ0v) is 12.9. The highest BCUT2D eigenvalue weighted by Gasteiger charge is 2.27. The highest BCUT2D eigenvalue weighted by molar-refractivity contribution is 9.10. The van der Waals surface area contributed by atoms with Gasteiger partial charge in [0, 0.05) is 4.91 Å². The summed E-state index contributed by atoms with van der Waals surface area (Å²) in [5.74, 6) is -0.642. The molecule has 8 nitrogen and oxygen atoms in total. The third-order valence-electron chi connectivity index (χ3n) is 1.76. The molecule has 1 aromatic rings. The van der Waals surface area contributed by atoms with Gasteiger partial charge in [-0.1, -0.05) is 5.11 Å². The molecule has 0 aliphatic rings. The number of halogens is 2. The van der Waals surface area contributed by atoms with Crippen molar-refractivity contribution >= 4 is 26.0 Å². The van der Waals surface area contributed by atoms with E-state index in [1.54, 1.807) is 0 Å². The fraction of sp³-hybridized carbons (Fsp3) is 0.444. The number of azide groups is 1. The predicted octanol–water partition coefficient (Wildman–Crippen LogP) is 2.00. The summed E-state index contributed by atoms with van der Waals surface area (Å²) in [5.41, 5.74) is 6.36. The van der Waals surface area contributed by atoms with Gasteiger partial charge in [0.25, 0.3) is 10.1 Å². The van der Waals surface area contributed by atoms with Crippen LogP contribution in [-0.4, -0.2) is 35.9 Å². The van der Waals surface area contributed by atoms with E-state index in [2.05, 4.69) is 30.9 Å². The molecule has 11 heteroatoms. The third kappa shape index (κ3) is 8.02. The van der Waals surface area contributed by atoms with Crippen LogP contribution in [0.15, 0.2) is 21.9 Å². The zero-order chi connectivity index (χ0) is 16.0. The molecule has 0 radical (unpaired) electrons. The Hall–Kier alpha value is -1.26. The van der Waals surface area contributed by atoms with Crippen LogP contribution in [0.3, 0.4) is 0 Å². The van der Waals surface area contributed by atoms with Gasteiger partial charge in [0.2, 0.25) is 0 Å². The van der Waals surface area contributed by atoms with Gasteiger partial charge in [-0.05, 0) is 40.5 Å². The first-order valence-electron chi connectivity index (χ1n) is 4.95. The van der Waals surface area contributed by atoms with Crippen molar-refractivity contribution in [2.24, 2.45) is 5.11 Å². The summed E-state index contributed by atoms with van der Waals surface area (Å²) in [4.78, 5) is 6.31. The lowest BCUT2D eigenvalue weighted by atomic mass is 10.0. The summed E-state index contributed by atoms with van der Waals surface area (Å²) in [7, 11) is -3.67. The van der Waals surface area contributed by atoms with Crippen LogP contribution >= 0.6 is 15.9 Å². The normalized spacial score (nSPS) is 13.5. The van der Waals surface area contributed by atoms with Gasteiger partial charge in [-0.25, -0.2) is 9.37 Å². The molecule has 20 heavy (non-hydrogen) atoms. The molecule has 0 amide bonds. The first kappa shape index (κ1) is 18.7. The quantitative estimate of drug-likeness (QED) is 0.275.